The van der Waals surface area contributed by atoms with Gasteiger partial charge in [-0.1, -0.05) is 0 Å². The van der Waals surface area contributed by atoms with Gasteiger partial charge in [0.15, 0.2) is 6.61 Å². The molecule has 8 heteroatoms. The van der Waals surface area contributed by atoms with E-state index in [9.17, 15) is 14.0 Å². The maximum Gasteiger partial charge on any atom is 0.259 e. The fourth-order valence-corrected chi connectivity index (χ4v) is 2.07. The fourth-order valence-electron chi connectivity index (χ4n) is 2.07. The number of hydrogen-bond acceptors (Lipinski definition) is 5. The normalized spacial score (nSPS) is 10.9. The first kappa shape index (κ1) is 20.9. The Hall–Kier alpha value is -3.42. The zero-order valence-corrected chi connectivity index (χ0v) is 16.0. The lowest BCUT2D eigenvalue weighted by molar-refractivity contribution is -0.130. The van der Waals surface area contributed by atoms with E-state index in [1.807, 2.05) is 0 Å². The Kier molecular flexibility index (Phi) is 7.50. The predicted octanol–water partition coefficient (Wildman–Crippen LogP) is 2.25. The molecule has 0 aliphatic heterocycles. The number of carbonyl (C=O) groups is 2. The van der Waals surface area contributed by atoms with Crippen molar-refractivity contribution in [2.24, 2.45) is 5.10 Å². The Morgan fingerprint density at radius 2 is 1.71 bits per heavy atom. The highest BCUT2D eigenvalue weighted by Gasteiger charge is 2.06. The number of hydrogen-bond donors (Lipinski definition) is 2. The summed E-state index contributed by atoms with van der Waals surface area (Å²) in [6.07, 6.45) is 0. The van der Waals surface area contributed by atoms with Crippen molar-refractivity contribution in [3.63, 3.8) is 0 Å². The summed E-state index contributed by atoms with van der Waals surface area (Å²) in [5, 5.41) is 6.94. The van der Waals surface area contributed by atoms with Gasteiger partial charge in [0.2, 0.25) is 0 Å². The van der Waals surface area contributed by atoms with Crippen molar-refractivity contribution < 1.29 is 18.7 Å². The topological polar surface area (TPSA) is 83.0 Å². The van der Waals surface area contributed by atoms with Gasteiger partial charge in [0, 0.05) is 19.8 Å². The molecule has 2 rings (SSSR count). The summed E-state index contributed by atoms with van der Waals surface area (Å²) in [7, 11) is 3.33. The second-order valence-electron chi connectivity index (χ2n) is 6.19. The molecule has 0 aliphatic carbocycles. The summed E-state index contributed by atoms with van der Waals surface area (Å²) in [6.45, 7) is 1.74. The van der Waals surface area contributed by atoms with Gasteiger partial charge in [-0.05, 0) is 61.0 Å². The Balaban J connectivity index is 1.82. The molecule has 0 atom stereocenters. The van der Waals surface area contributed by atoms with E-state index < -0.39 is 0 Å². The number of anilines is 1. The number of nitrogens with zero attached hydrogens (tertiary/aromatic N) is 2. The Morgan fingerprint density at radius 3 is 2.32 bits per heavy atom. The van der Waals surface area contributed by atoms with E-state index >= 15 is 0 Å². The van der Waals surface area contributed by atoms with Crippen LogP contribution >= 0.6 is 0 Å². The van der Waals surface area contributed by atoms with Crippen molar-refractivity contribution in [2.75, 3.05) is 32.6 Å². The average molecular weight is 386 g/mol. The molecule has 2 N–H and O–H groups in total. The molecule has 0 heterocycles. The second kappa shape index (κ2) is 10.1. The molecule has 0 fully saturated rings. The predicted molar refractivity (Wildman–Crippen MR) is 106 cm³/mol. The van der Waals surface area contributed by atoms with Gasteiger partial charge in [0.1, 0.15) is 11.6 Å². The quantitative estimate of drug-likeness (QED) is 0.538. The van der Waals surface area contributed by atoms with Crippen molar-refractivity contribution in [2.45, 2.75) is 6.92 Å². The molecule has 7 nitrogen and oxygen atoms in total. The van der Waals surface area contributed by atoms with Crippen LogP contribution in [0.1, 0.15) is 12.5 Å². The second-order valence-corrected chi connectivity index (χ2v) is 6.19. The largest absolute Gasteiger partial charge is 0.484 e. The Labute approximate surface area is 163 Å². The molecule has 0 radical (unpaired) electrons. The summed E-state index contributed by atoms with van der Waals surface area (Å²) >= 11 is 0. The van der Waals surface area contributed by atoms with Crippen LogP contribution in [0.25, 0.3) is 0 Å². The lowest BCUT2D eigenvalue weighted by atomic mass is 10.1. The number of hydrazone groups is 1. The zero-order valence-electron chi connectivity index (χ0n) is 16.0. The summed E-state index contributed by atoms with van der Waals surface area (Å²) in [4.78, 5) is 24.8. The molecule has 2 aromatic carbocycles. The smallest absolute Gasteiger partial charge is 0.259 e. The zero-order chi connectivity index (χ0) is 20.5. The first-order valence-electron chi connectivity index (χ1n) is 8.61. The van der Waals surface area contributed by atoms with Crippen LogP contribution in [0.2, 0.25) is 0 Å². The van der Waals surface area contributed by atoms with E-state index in [4.69, 9.17) is 4.74 Å². The van der Waals surface area contributed by atoms with Gasteiger partial charge in [-0.3, -0.25) is 9.59 Å². The van der Waals surface area contributed by atoms with Crippen LogP contribution in [0.15, 0.2) is 53.6 Å². The number of rotatable bonds is 8. The lowest BCUT2D eigenvalue weighted by Crippen LogP contribution is -2.27. The molecule has 0 saturated heterocycles. The molecule has 0 bridgehead atoms. The third-order valence-corrected chi connectivity index (χ3v) is 3.78. The minimum absolute atomic E-state index is 0.00902. The molecule has 0 spiro atoms. The van der Waals surface area contributed by atoms with E-state index in [1.54, 1.807) is 57.4 Å². The van der Waals surface area contributed by atoms with Crippen LogP contribution < -0.4 is 15.5 Å². The molecule has 0 aromatic heterocycles. The molecule has 0 aliphatic rings. The van der Waals surface area contributed by atoms with Crippen LogP contribution in [0.4, 0.5) is 10.1 Å². The molecular weight excluding hydrogens is 363 g/mol. The van der Waals surface area contributed by atoms with Crippen molar-refractivity contribution in [1.82, 2.24) is 10.3 Å². The summed E-state index contributed by atoms with van der Waals surface area (Å²) in [5.41, 5.74) is 4.52. The average Bonchev–Trinajstić information content (AvgIpc) is 2.70. The molecule has 2 amide bonds. The van der Waals surface area contributed by atoms with E-state index in [2.05, 4.69) is 15.8 Å². The number of halogens is 1. The van der Waals surface area contributed by atoms with Crippen LogP contribution in [-0.4, -0.2) is 49.7 Å². The highest BCUT2D eigenvalue weighted by Crippen LogP contribution is 2.13. The highest BCUT2D eigenvalue weighted by atomic mass is 19.1. The third kappa shape index (κ3) is 6.71. The minimum atomic E-state index is -0.337. The summed E-state index contributed by atoms with van der Waals surface area (Å²) in [5.74, 6) is -0.222. The van der Waals surface area contributed by atoms with Crippen molar-refractivity contribution >= 4 is 23.2 Å². The van der Waals surface area contributed by atoms with Gasteiger partial charge in [-0.2, -0.15) is 5.10 Å². The number of amides is 2. The van der Waals surface area contributed by atoms with Gasteiger partial charge < -0.3 is 15.0 Å². The van der Waals surface area contributed by atoms with Crippen LogP contribution in [0.3, 0.4) is 0 Å². The molecule has 0 unspecified atom stereocenters. The first-order chi connectivity index (χ1) is 13.3. The SMILES string of the molecule is C/C(=N/NC(=O)CNc1ccc(F)cc1)c1ccc(OCC(=O)N(C)C)cc1. The van der Waals surface area contributed by atoms with Gasteiger partial charge in [0.25, 0.3) is 11.8 Å². The minimum Gasteiger partial charge on any atom is -0.484 e. The van der Waals surface area contributed by atoms with E-state index in [-0.39, 0.29) is 30.8 Å². The Morgan fingerprint density at radius 1 is 1.07 bits per heavy atom. The fraction of sp³-hybridized carbons (Fsp3) is 0.250. The molecule has 0 saturated carbocycles. The standard InChI is InChI=1S/C20H23FN4O3/c1-14(15-4-10-18(11-5-15)28-13-20(27)25(2)3)23-24-19(26)12-22-17-8-6-16(21)7-9-17/h4-11,22H,12-13H2,1-3H3,(H,24,26)/b23-14-. The summed E-state index contributed by atoms with van der Waals surface area (Å²) in [6, 6.07) is 12.8. The third-order valence-electron chi connectivity index (χ3n) is 3.78. The van der Waals surface area contributed by atoms with Gasteiger partial charge in [-0.15, -0.1) is 0 Å². The van der Waals surface area contributed by atoms with Gasteiger partial charge >= 0.3 is 0 Å². The highest BCUT2D eigenvalue weighted by molar-refractivity contribution is 5.99. The van der Waals surface area contributed by atoms with Gasteiger partial charge in [0.05, 0.1) is 12.3 Å². The molecule has 148 valence electrons. The van der Waals surface area contributed by atoms with E-state index in [0.717, 1.165) is 5.56 Å². The number of nitrogens with one attached hydrogen (secondary N) is 2. The number of likely N-dealkylation sites (N-methyl/N-ethyl adjacent to an activating group) is 1. The van der Waals surface area contributed by atoms with Gasteiger partial charge in [-0.25, -0.2) is 9.82 Å². The molecule has 28 heavy (non-hydrogen) atoms. The maximum absolute atomic E-state index is 12.8. The van der Waals surface area contributed by atoms with Crippen molar-refractivity contribution in [3.05, 3.63) is 59.9 Å². The molecular formula is C20H23FN4O3. The van der Waals surface area contributed by atoms with E-state index in [1.165, 1.54) is 17.0 Å². The number of ether oxygens (including phenoxy) is 1. The van der Waals surface area contributed by atoms with Crippen LogP contribution in [-0.2, 0) is 9.59 Å². The van der Waals surface area contributed by atoms with Crippen LogP contribution in [0, 0.1) is 5.82 Å². The van der Waals surface area contributed by atoms with Crippen molar-refractivity contribution in [3.8, 4) is 5.75 Å². The number of benzene rings is 2. The maximum atomic E-state index is 12.8. The Bertz CT molecular complexity index is 834. The molecule has 2 aromatic rings. The van der Waals surface area contributed by atoms with E-state index in [0.29, 0.717) is 17.1 Å². The van der Waals surface area contributed by atoms with Crippen LogP contribution in [0.5, 0.6) is 5.75 Å². The number of carbonyl (C=O) groups excluding carboxylic acids is 2. The summed E-state index contributed by atoms with van der Waals surface area (Å²) < 4.78 is 18.3. The first-order valence-corrected chi connectivity index (χ1v) is 8.61. The van der Waals surface area contributed by atoms with Crippen molar-refractivity contribution in [1.29, 1.82) is 0 Å². The monoisotopic (exact) mass is 386 g/mol. The lowest BCUT2D eigenvalue weighted by Gasteiger charge is -2.11.